The van der Waals surface area contributed by atoms with Gasteiger partial charge in [-0.25, -0.2) is 4.98 Å². The molecule has 1 heterocycles. The Morgan fingerprint density at radius 1 is 1.19 bits per heavy atom. The Hall–Kier alpha value is -1.65. The fourth-order valence-electron chi connectivity index (χ4n) is 4.12. The van der Waals surface area contributed by atoms with Crippen molar-refractivity contribution in [2.24, 2.45) is 11.8 Å². The van der Waals surface area contributed by atoms with Crippen molar-refractivity contribution < 1.29 is 4.79 Å². The molecule has 112 valence electrons. The van der Waals surface area contributed by atoms with Crippen LogP contribution in [0.2, 0.25) is 0 Å². The fourth-order valence-corrected chi connectivity index (χ4v) is 4.12. The zero-order chi connectivity index (χ0) is 14.4. The van der Waals surface area contributed by atoms with E-state index in [2.05, 4.69) is 15.3 Å². The van der Waals surface area contributed by atoms with Crippen LogP contribution in [-0.4, -0.2) is 21.9 Å². The second-order valence-corrected chi connectivity index (χ2v) is 6.80. The van der Waals surface area contributed by atoms with Gasteiger partial charge >= 0.3 is 0 Å². The lowest BCUT2D eigenvalue weighted by atomic mass is 9.97. The van der Waals surface area contributed by atoms with Crippen LogP contribution in [-0.2, 0) is 0 Å². The summed E-state index contributed by atoms with van der Waals surface area (Å²) >= 11 is 0. The maximum absolute atomic E-state index is 12.3. The zero-order valence-corrected chi connectivity index (χ0v) is 12.1. The maximum atomic E-state index is 12.3. The highest BCUT2D eigenvalue weighted by molar-refractivity contribution is 5.93. The van der Waals surface area contributed by atoms with Crippen LogP contribution in [0.5, 0.6) is 0 Å². The Bertz CT molecular complexity index is 620. The Morgan fingerprint density at radius 2 is 2.05 bits per heavy atom. The van der Waals surface area contributed by atoms with Crippen LogP contribution < -0.4 is 10.9 Å². The molecule has 21 heavy (non-hydrogen) atoms. The molecule has 1 aromatic heterocycles. The van der Waals surface area contributed by atoms with E-state index in [1.165, 1.54) is 31.9 Å². The van der Waals surface area contributed by atoms with Crippen molar-refractivity contribution in [3.63, 3.8) is 0 Å². The molecule has 5 heteroatoms. The molecule has 0 aromatic carbocycles. The Labute approximate surface area is 123 Å². The monoisotopic (exact) mass is 287 g/mol. The van der Waals surface area contributed by atoms with Gasteiger partial charge in [0.25, 0.3) is 11.5 Å². The van der Waals surface area contributed by atoms with Crippen molar-refractivity contribution >= 4 is 5.91 Å². The number of amides is 1. The first kappa shape index (κ1) is 13.0. The smallest absolute Gasteiger partial charge is 0.263 e. The topological polar surface area (TPSA) is 74.8 Å². The first-order valence-electron chi connectivity index (χ1n) is 8.12. The van der Waals surface area contributed by atoms with E-state index in [1.54, 1.807) is 0 Å². The molecule has 0 saturated heterocycles. The fraction of sp³-hybridized carbons (Fsp3) is 0.688. The van der Waals surface area contributed by atoms with Crippen LogP contribution in [0.4, 0.5) is 0 Å². The van der Waals surface area contributed by atoms with E-state index < -0.39 is 0 Å². The number of aromatic amines is 1. The van der Waals surface area contributed by atoms with Gasteiger partial charge in [-0.15, -0.1) is 0 Å². The zero-order valence-electron chi connectivity index (χ0n) is 12.1. The standard InChI is InChI=1S/C16H21N3O2/c20-15(18-13-7-6-9-2-1-3-11(9)13)12-8-17-14(10-4-5-10)19-16(12)21/h8-11,13H,1-7H2,(H,18,20)(H,17,19,21)/t9-,11-,13-/m1/s1. The van der Waals surface area contributed by atoms with E-state index in [0.717, 1.165) is 31.0 Å². The molecule has 3 atom stereocenters. The third-order valence-corrected chi connectivity index (χ3v) is 5.43. The van der Waals surface area contributed by atoms with Crippen molar-refractivity contribution in [1.82, 2.24) is 15.3 Å². The summed E-state index contributed by atoms with van der Waals surface area (Å²) in [4.78, 5) is 31.4. The molecule has 3 aliphatic rings. The van der Waals surface area contributed by atoms with Crippen molar-refractivity contribution in [2.75, 3.05) is 0 Å². The highest BCUT2D eigenvalue weighted by Crippen LogP contribution is 2.44. The average Bonchev–Trinajstić information content (AvgIpc) is 3.10. The van der Waals surface area contributed by atoms with Crippen molar-refractivity contribution in [1.29, 1.82) is 0 Å². The summed E-state index contributed by atoms with van der Waals surface area (Å²) in [5.41, 5.74) is -0.147. The van der Waals surface area contributed by atoms with Crippen LogP contribution in [0, 0.1) is 11.8 Å². The second-order valence-electron chi connectivity index (χ2n) is 6.80. The lowest BCUT2D eigenvalue weighted by molar-refractivity contribution is 0.0924. The van der Waals surface area contributed by atoms with Crippen LogP contribution in [0.3, 0.4) is 0 Å². The molecule has 0 spiro atoms. The maximum Gasteiger partial charge on any atom is 0.263 e. The number of carbonyl (C=O) groups excluding carboxylic acids is 1. The van der Waals surface area contributed by atoms with Crippen molar-refractivity contribution in [3.05, 3.63) is 27.9 Å². The summed E-state index contributed by atoms with van der Waals surface area (Å²) in [6, 6.07) is 0.243. The van der Waals surface area contributed by atoms with Gasteiger partial charge in [-0.05, 0) is 43.9 Å². The first-order chi connectivity index (χ1) is 10.2. The Kier molecular flexibility index (Phi) is 3.08. The van der Waals surface area contributed by atoms with E-state index in [-0.39, 0.29) is 23.1 Å². The van der Waals surface area contributed by atoms with Crippen molar-refractivity contribution in [2.45, 2.75) is 56.9 Å². The quantitative estimate of drug-likeness (QED) is 0.892. The van der Waals surface area contributed by atoms with E-state index >= 15 is 0 Å². The molecule has 5 nitrogen and oxygen atoms in total. The van der Waals surface area contributed by atoms with Crippen LogP contribution in [0.1, 0.15) is 67.0 Å². The summed E-state index contributed by atoms with van der Waals surface area (Å²) in [5, 5.41) is 3.07. The summed E-state index contributed by atoms with van der Waals surface area (Å²) in [6.07, 6.45) is 9.67. The number of nitrogens with zero attached hydrogens (tertiary/aromatic N) is 1. The molecule has 0 bridgehead atoms. The van der Waals surface area contributed by atoms with Gasteiger partial charge in [-0.1, -0.05) is 12.8 Å². The molecule has 0 radical (unpaired) electrons. The summed E-state index contributed by atoms with van der Waals surface area (Å²) in [7, 11) is 0. The normalized spacial score (nSPS) is 31.1. The molecule has 1 aromatic rings. The van der Waals surface area contributed by atoms with Gasteiger partial charge in [0.15, 0.2) is 0 Å². The van der Waals surface area contributed by atoms with E-state index in [4.69, 9.17) is 0 Å². The number of H-pyrrole nitrogens is 1. The van der Waals surface area contributed by atoms with Crippen LogP contribution in [0.15, 0.2) is 11.0 Å². The van der Waals surface area contributed by atoms with Gasteiger partial charge in [0.1, 0.15) is 11.4 Å². The van der Waals surface area contributed by atoms with Crippen molar-refractivity contribution in [3.8, 4) is 0 Å². The Balaban J connectivity index is 1.48. The highest BCUT2D eigenvalue weighted by atomic mass is 16.2. The molecular weight excluding hydrogens is 266 g/mol. The number of rotatable bonds is 3. The number of fused-ring (bicyclic) bond motifs is 1. The van der Waals surface area contributed by atoms with Gasteiger partial charge in [-0.2, -0.15) is 0 Å². The SMILES string of the molecule is O=C(N[C@@H]1CC[C@H]2CCC[C@H]21)c1cnc(C2CC2)[nH]c1=O. The average molecular weight is 287 g/mol. The third-order valence-electron chi connectivity index (χ3n) is 5.43. The second kappa shape index (κ2) is 4.97. The van der Waals surface area contributed by atoms with Crippen LogP contribution in [0.25, 0.3) is 0 Å². The molecule has 0 unspecified atom stereocenters. The van der Waals surface area contributed by atoms with E-state index in [0.29, 0.717) is 11.8 Å². The third kappa shape index (κ3) is 2.39. The minimum atomic E-state index is -0.301. The number of aromatic nitrogens is 2. The van der Waals surface area contributed by atoms with Gasteiger partial charge in [-0.3, -0.25) is 9.59 Å². The molecule has 1 amide bonds. The van der Waals surface area contributed by atoms with Crippen LogP contribution >= 0.6 is 0 Å². The molecule has 4 rings (SSSR count). The molecular formula is C16H21N3O2. The molecule has 3 aliphatic carbocycles. The van der Waals surface area contributed by atoms with Gasteiger partial charge in [0, 0.05) is 18.2 Å². The highest BCUT2D eigenvalue weighted by Gasteiger charge is 2.39. The van der Waals surface area contributed by atoms with Gasteiger partial charge in [0.2, 0.25) is 0 Å². The van der Waals surface area contributed by atoms with E-state index in [9.17, 15) is 9.59 Å². The van der Waals surface area contributed by atoms with Gasteiger partial charge < -0.3 is 10.3 Å². The number of hydrogen-bond acceptors (Lipinski definition) is 3. The van der Waals surface area contributed by atoms with Gasteiger partial charge in [0.05, 0.1) is 0 Å². The lowest BCUT2D eigenvalue weighted by Crippen LogP contribution is -2.40. The molecule has 3 saturated carbocycles. The largest absolute Gasteiger partial charge is 0.349 e. The number of hydrogen-bond donors (Lipinski definition) is 2. The number of nitrogens with one attached hydrogen (secondary N) is 2. The first-order valence-corrected chi connectivity index (χ1v) is 8.12. The van der Waals surface area contributed by atoms with E-state index in [1.807, 2.05) is 0 Å². The number of carbonyl (C=O) groups is 1. The summed E-state index contributed by atoms with van der Waals surface area (Å²) in [5.74, 6) is 2.26. The predicted octanol–water partition coefficient (Wildman–Crippen LogP) is 1.96. The lowest BCUT2D eigenvalue weighted by Gasteiger charge is -2.19. The summed E-state index contributed by atoms with van der Waals surface area (Å²) in [6.45, 7) is 0. The molecule has 0 aliphatic heterocycles. The minimum Gasteiger partial charge on any atom is -0.349 e. The Morgan fingerprint density at radius 3 is 2.81 bits per heavy atom. The minimum absolute atomic E-state index is 0.154. The predicted molar refractivity (Wildman–Crippen MR) is 78.2 cm³/mol. The summed E-state index contributed by atoms with van der Waals surface area (Å²) < 4.78 is 0. The molecule has 2 N–H and O–H groups in total. The molecule has 3 fully saturated rings.